The fourth-order valence-electron chi connectivity index (χ4n) is 3.46. The standard InChI is InChI=1S/C20H20N4O2S2/c1-3-8-23-19(26)15(28-20(23)27)11-14-17(22-9-4-5-10-22)21-16-7-6-13(2)12-24(16)18(14)25/h3,6-7,11-12H,1,4-5,8-10H2,2H3. The lowest BCUT2D eigenvalue weighted by atomic mass is 10.2. The molecule has 28 heavy (non-hydrogen) atoms. The molecule has 0 atom stereocenters. The molecule has 2 aromatic heterocycles. The molecule has 0 aromatic carbocycles. The molecule has 4 rings (SSSR count). The minimum absolute atomic E-state index is 0.176. The Labute approximate surface area is 172 Å². The van der Waals surface area contributed by atoms with Crippen LogP contribution in [0.25, 0.3) is 11.7 Å². The van der Waals surface area contributed by atoms with E-state index in [1.165, 1.54) is 16.7 Å². The maximum Gasteiger partial charge on any atom is 0.267 e. The van der Waals surface area contributed by atoms with Gasteiger partial charge in [0.05, 0.1) is 10.5 Å². The molecule has 2 aliphatic rings. The van der Waals surface area contributed by atoms with Crippen LogP contribution in [0.5, 0.6) is 0 Å². The number of thioether (sulfide) groups is 1. The van der Waals surface area contributed by atoms with Gasteiger partial charge in [0.1, 0.15) is 15.8 Å². The lowest BCUT2D eigenvalue weighted by Gasteiger charge is -2.19. The number of thiocarbonyl (C=S) groups is 1. The first-order valence-corrected chi connectivity index (χ1v) is 10.4. The topological polar surface area (TPSA) is 57.9 Å². The Morgan fingerprint density at radius 3 is 2.75 bits per heavy atom. The molecule has 144 valence electrons. The fourth-order valence-corrected chi connectivity index (χ4v) is 4.72. The number of hydrogen-bond donors (Lipinski definition) is 0. The Bertz CT molecular complexity index is 1080. The van der Waals surface area contributed by atoms with Gasteiger partial charge < -0.3 is 4.90 Å². The number of aryl methyl sites for hydroxylation is 1. The van der Waals surface area contributed by atoms with Crippen LogP contribution in [-0.4, -0.2) is 44.1 Å². The van der Waals surface area contributed by atoms with E-state index in [-0.39, 0.29) is 11.5 Å². The molecule has 4 heterocycles. The van der Waals surface area contributed by atoms with Crippen LogP contribution >= 0.6 is 24.0 Å². The second kappa shape index (κ2) is 7.52. The van der Waals surface area contributed by atoms with Crippen molar-refractivity contribution in [2.45, 2.75) is 19.8 Å². The molecule has 0 bridgehead atoms. The van der Waals surface area contributed by atoms with E-state index in [0.717, 1.165) is 31.5 Å². The van der Waals surface area contributed by atoms with Crippen molar-refractivity contribution in [1.82, 2.24) is 14.3 Å². The normalized spacial score (nSPS) is 18.7. The van der Waals surface area contributed by atoms with Gasteiger partial charge in [-0.05, 0) is 37.5 Å². The highest BCUT2D eigenvalue weighted by molar-refractivity contribution is 8.26. The summed E-state index contributed by atoms with van der Waals surface area (Å²) in [5, 5.41) is 0. The number of fused-ring (bicyclic) bond motifs is 1. The Balaban J connectivity index is 1.89. The van der Waals surface area contributed by atoms with E-state index in [4.69, 9.17) is 17.2 Å². The highest BCUT2D eigenvalue weighted by atomic mass is 32.2. The number of pyridine rings is 1. The van der Waals surface area contributed by atoms with Gasteiger partial charge in [0.15, 0.2) is 0 Å². The molecule has 2 saturated heterocycles. The number of anilines is 1. The molecule has 0 unspecified atom stereocenters. The van der Waals surface area contributed by atoms with Gasteiger partial charge in [-0.1, -0.05) is 36.1 Å². The highest BCUT2D eigenvalue weighted by Crippen LogP contribution is 2.33. The van der Waals surface area contributed by atoms with Gasteiger partial charge in [0, 0.05) is 25.8 Å². The van der Waals surface area contributed by atoms with Gasteiger partial charge in [-0.2, -0.15) is 0 Å². The van der Waals surface area contributed by atoms with Crippen LogP contribution in [0.1, 0.15) is 24.0 Å². The first kappa shape index (κ1) is 18.9. The van der Waals surface area contributed by atoms with E-state index in [1.807, 2.05) is 19.1 Å². The van der Waals surface area contributed by atoms with Crippen LogP contribution in [0.2, 0.25) is 0 Å². The summed E-state index contributed by atoms with van der Waals surface area (Å²) in [7, 11) is 0. The number of carbonyl (C=O) groups is 1. The number of nitrogens with zero attached hydrogens (tertiary/aromatic N) is 4. The summed E-state index contributed by atoms with van der Waals surface area (Å²) in [6, 6.07) is 3.79. The predicted octanol–water partition coefficient (Wildman–Crippen LogP) is 2.99. The average molecular weight is 413 g/mol. The first-order chi connectivity index (χ1) is 13.5. The van der Waals surface area contributed by atoms with Crippen LogP contribution in [0, 0.1) is 6.92 Å². The Kier molecular flexibility index (Phi) is 5.07. The Morgan fingerprint density at radius 1 is 1.29 bits per heavy atom. The zero-order chi connectivity index (χ0) is 19.8. The molecule has 6 nitrogen and oxygen atoms in total. The summed E-state index contributed by atoms with van der Waals surface area (Å²) >= 11 is 6.53. The third-order valence-electron chi connectivity index (χ3n) is 4.85. The average Bonchev–Trinajstić information content (AvgIpc) is 3.29. The van der Waals surface area contributed by atoms with Crippen molar-refractivity contribution in [2.75, 3.05) is 24.5 Å². The number of carbonyl (C=O) groups excluding carboxylic acids is 1. The molecule has 0 saturated carbocycles. The van der Waals surface area contributed by atoms with Crippen molar-refractivity contribution in [3.05, 3.63) is 57.4 Å². The van der Waals surface area contributed by atoms with E-state index in [9.17, 15) is 9.59 Å². The van der Waals surface area contributed by atoms with Crippen LogP contribution in [0.4, 0.5) is 5.82 Å². The maximum absolute atomic E-state index is 13.3. The third-order valence-corrected chi connectivity index (χ3v) is 6.23. The highest BCUT2D eigenvalue weighted by Gasteiger charge is 2.32. The van der Waals surface area contributed by atoms with Gasteiger partial charge in [-0.15, -0.1) is 6.58 Å². The quantitative estimate of drug-likeness (QED) is 0.437. The molecular formula is C20H20N4O2S2. The lowest BCUT2D eigenvalue weighted by Crippen LogP contribution is -2.28. The Morgan fingerprint density at radius 2 is 2.04 bits per heavy atom. The molecular weight excluding hydrogens is 392 g/mol. The van der Waals surface area contributed by atoms with Crippen molar-refractivity contribution in [1.29, 1.82) is 0 Å². The molecule has 2 aliphatic heterocycles. The second-order valence-corrected chi connectivity index (χ2v) is 8.54. The smallest absolute Gasteiger partial charge is 0.267 e. The zero-order valence-electron chi connectivity index (χ0n) is 15.6. The van der Waals surface area contributed by atoms with Gasteiger partial charge in [-0.25, -0.2) is 4.98 Å². The molecule has 0 N–H and O–H groups in total. The fraction of sp³-hybridized carbons (Fsp3) is 0.300. The van der Waals surface area contributed by atoms with Crippen molar-refractivity contribution >= 4 is 51.7 Å². The number of aromatic nitrogens is 2. The van der Waals surface area contributed by atoms with Gasteiger partial charge in [-0.3, -0.25) is 18.9 Å². The van der Waals surface area contributed by atoms with E-state index in [1.54, 1.807) is 22.7 Å². The summed E-state index contributed by atoms with van der Waals surface area (Å²) < 4.78 is 2.02. The zero-order valence-corrected chi connectivity index (χ0v) is 17.2. The third kappa shape index (κ3) is 3.27. The minimum atomic E-state index is -0.198. The van der Waals surface area contributed by atoms with Crippen molar-refractivity contribution in [3.8, 4) is 0 Å². The number of rotatable bonds is 4. The van der Waals surface area contributed by atoms with Crippen molar-refractivity contribution in [3.63, 3.8) is 0 Å². The van der Waals surface area contributed by atoms with Crippen molar-refractivity contribution < 1.29 is 4.79 Å². The maximum atomic E-state index is 13.3. The molecule has 0 spiro atoms. The summed E-state index contributed by atoms with van der Waals surface area (Å²) in [6.45, 7) is 7.67. The molecule has 1 amide bonds. The summed E-state index contributed by atoms with van der Waals surface area (Å²) in [6.07, 6.45) is 7.20. The minimum Gasteiger partial charge on any atom is -0.356 e. The Hall–Kier alpha value is -2.45. The van der Waals surface area contributed by atoms with Gasteiger partial charge in [0.25, 0.3) is 11.5 Å². The second-order valence-electron chi connectivity index (χ2n) is 6.86. The first-order valence-electron chi connectivity index (χ1n) is 9.14. The monoisotopic (exact) mass is 412 g/mol. The van der Waals surface area contributed by atoms with E-state index in [2.05, 4.69) is 11.5 Å². The van der Waals surface area contributed by atoms with E-state index >= 15 is 0 Å². The summed E-state index contributed by atoms with van der Waals surface area (Å²) in [4.78, 5) is 34.9. The van der Waals surface area contributed by atoms with Crippen LogP contribution in [-0.2, 0) is 4.79 Å². The van der Waals surface area contributed by atoms with E-state index in [0.29, 0.717) is 32.8 Å². The SMILES string of the molecule is C=CCN1C(=O)C(=Cc2c(N3CCCC3)nc3ccc(C)cn3c2=O)SC1=S. The van der Waals surface area contributed by atoms with Crippen LogP contribution in [0.15, 0.2) is 40.7 Å². The summed E-state index contributed by atoms with van der Waals surface area (Å²) in [5.41, 5.74) is 1.83. The molecule has 2 fully saturated rings. The predicted molar refractivity (Wildman–Crippen MR) is 118 cm³/mol. The molecule has 0 radical (unpaired) electrons. The van der Waals surface area contributed by atoms with Gasteiger partial charge in [0.2, 0.25) is 0 Å². The van der Waals surface area contributed by atoms with Gasteiger partial charge >= 0.3 is 0 Å². The molecule has 8 heteroatoms. The number of hydrogen-bond acceptors (Lipinski definition) is 6. The van der Waals surface area contributed by atoms with E-state index < -0.39 is 0 Å². The lowest BCUT2D eigenvalue weighted by molar-refractivity contribution is -0.121. The van der Waals surface area contributed by atoms with Crippen molar-refractivity contribution in [2.24, 2.45) is 0 Å². The largest absolute Gasteiger partial charge is 0.356 e. The number of amides is 1. The summed E-state index contributed by atoms with van der Waals surface area (Å²) in [5.74, 6) is 0.441. The molecule has 0 aliphatic carbocycles. The van der Waals surface area contributed by atoms with Crippen LogP contribution < -0.4 is 10.5 Å². The molecule has 2 aromatic rings. The van der Waals surface area contributed by atoms with Crippen LogP contribution in [0.3, 0.4) is 0 Å².